The number of hydrogen-bond acceptors (Lipinski definition) is 8. The minimum absolute atomic E-state index is 0.0177. The predicted molar refractivity (Wildman–Crippen MR) is 147 cm³/mol. The molecule has 4 rings (SSSR count). The monoisotopic (exact) mass is 644 g/mol. The van der Waals surface area contributed by atoms with Crippen LogP contribution >= 0.6 is 23.2 Å². The van der Waals surface area contributed by atoms with E-state index in [0.717, 1.165) is 15.8 Å². The van der Waals surface area contributed by atoms with Crippen molar-refractivity contribution in [3.63, 3.8) is 0 Å². The molecule has 0 radical (unpaired) electrons. The number of carbonyl (C=O) groups is 3. The van der Waals surface area contributed by atoms with Gasteiger partial charge in [-0.2, -0.15) is 13.2 Å². The van der Waals surface area contributed by atoms with Crippen LogP contribution in [0, 0.1) is 6.92 Å². The van der Waals surface area contributed by atoms with Gasteiger partial charge in [-0.05, 0) is 43.7 Å². The Morgan fingerprint density at radius 3 is 2.67 bits per heavy atom. The zero-order valence-corrected chi connectivity index (χ0v) is 24.2. The summed E-state index contributed by atoms with van der Waals surface area (Å²) in [5, 5.41) is 10.4. The highest BCUT2D eigenvalue weighted by Crippen LogP contribution is 2.29. The lowest BCUT2D eigenvalue weighted by molar-refractivity contribution is -0.164. The average molecular weight is 645 g/mol. The topological polar surface area (TPSA) is 137 Å². The van der Waals surface area contributed by atoms with Gasteiger partial charge in [0.05, 0.1) is 29.4 Å². The van der Waals surface area contributed by atoms with Crippen LogP contribution in [0.3, 0.4) is 0 Å². The minimum Gasteiger partial charge on any atom is -0.467 e. The summed E-state index contributed by atoms with van der Waals surface area (Å²) in [6.07, 6.45) is -3.32. The van der Waals surface area contributed by atoms with Crippen molar-refractivity contribution in [1.82, 2.24) is 25.1 Å². The Morgan fingerprint density at radius 2 is 1.98 bits per heavy atom. The first-order valence-corrected chi connectivity index (χ1v) is 13.5. The summed E-state index contributed by atoms with van der Waals surface area (Å²) in [7, 11) is 0. The van der Waals surface area contributed by atoms with E-state index in [2.05, 4.69) is 20.7 Å². The average Bonchev–Trinajstić information content (AvgIpc) is 3.52. The van der Waals surface area contributed by atoms with Crippen LogP contribution in [-0.2, 0) is 14.4 Å². The number of alkyl halides is 3. The van der Waals surface area contributed by atoms with Gasteiger partial charge in [0.15, 0.2) is 12.4 Å². The molecule has 0 aliphatic carbocycles. The highest BCUT2D eigenvalue weighted by Gasteiger charge is 2.35. The second kappa shape index (κ2) is 13.6. The summed E-state index contributed by atoms with van der Waals surface area (Å²) in [5.41, 5.74) is -0.00454. The Morgan fingerprint density at radius 1 is 1.21 bits per heavy atom. The predicted octanol–water partition coefficient (Wildman–Crippen LogP) is 3.98. The molecule has 0 saturated carbocycles. The van der Waals surface area contributed by atoms with Crippen LogP contribution in [0.25, 0.3) is 5.82 Å². The molecule has 1 unspecified atom stereocenters. The summed E-state index contributed by atoms with van der Waals surface area (Å²) in [5.74, 6) is -2.71. The lowest BCUT2D eigenvalue weighted by Gasteiger charge is -2.17. The molecule has 3 aromatic rings. The van der Waals surface area contributed by atoms with E-state index < -0.39 is 42.4 Å². The van der Waals surface area contributed by atoms with Gasteiger partial charge in [0.25, 0.3) is 17.7 Å². The van der Waals surface area contributed by atoms with Gasteiger partial charge in [0, 0.05) is 23.9 Å². The molecule has 2 aromatic heterocycles. The maximum atomic E-state index is 13.5. The fourth-order valence-electron chi connectivity index (χ4n) is 3.99. The second-order valence-corrected chi connectivity index (χ2v) is 9.89. The molecule has 230 valence electrons. The van der Waals surface area contributed by atoms with Gasteiger partial charge in [0.1, 0.15) is 18.3 Å². The lowest BCUT2D eigenvalue weighted by Crippen LogP contribution is -2.43. The van der Waals surface area contributed by atoms with Gasteiger partial charge in [-0.3, -0.25) is 19.2 Å². The largest absolute Gasteiger partial charge is 0.467 e. The van der Waals surface area contributed by atoms with Crippen LogP contribution in [0.15, 0.2) is 36.5 Å². The van der Waals surface area contributed by atoms with E-state index in [1.165, 1.54) is 30.5 Å². The number of pyridine rings is 1. The Hall–Kier alpha value is -3.92. The molecule has 1 aliphatic rings. The lowest BCUT2D eigenvalue weighted by atomic mass is 10.1. The van der Waals surface area contributed by atoms with E-state index in [9.17, 15) is 27.6 Å². The number of ether oxygens (including phenoxy) is 2. The summed E-state index contributed by atoms with van der Waals surface area (Å²) in [6, 6.07) is 5.69. The first-order valence-electron chi connectivity index (χ1n) is 12.7. The molecule has 3 amide bonds. The number of anilines is 1. The molecule has 1 atom stereocenters. The first kappa shape index (κ1) is 32.0. The standard InChI is InChI=1S/C26H25Cl2F3N6O6/c1-3-41-8-7-36-25(40)18(12-43-36)33-23(38)16-10-15(27)9-14(2)21(16)34-24(39)19-11-20(42-13-26(29,30)31)35-37(19)22-17(28)5-4-6-32-22/h4-6,9-11,18H,3,7-8,12-13H2,1-2H3,(H,33,38)(H,34,39). The molecule has 0 bridgehead atoms. The van der Waals surface area contributed by atoms with Crippen LogP contribution in [0.4, 0.5) is 18.9 Å². The second-order valence-electron chi connectivity index (χ2n) is 9.05. The van der Waals surface area contributed by atoms with Crippen LogP contribution in [0.1, 0.15) is 33.3 Å². The van der Waals surface area contributed by atoms with Gasteiger partial charge in [-0.15, -0.1) is 5.10 Å². The van der Waals surface area contributed by atoms with Gasteiger partial charge < -0.3 is 20.1 Å². The minimum atomic E-state index is -4.66. The third-order valence-corrected chi connectivity index (χ3v) is 6.43. The van der Waals surface area contributed by atoms with E-state index in [1.54, 1.807) is 13.8 Å². The molecule has 1 aromatic carbocycles. The molecular weight excluding hydrogens is 620 g/mol. The molecular formula is C26H25Cl2F3N6O6. The molecule has 12 nitrogen and oxygen atoms in total. The van der Waals surface area contributed by atoms with E-state index in [1.807, 2.05) is 0 Å². The van der Waals surface area contributed by atoms with E-state index in [4.69, 9.17) is 37.5 Å². The number of benzene rings is 1. The highest BCUT2D eigenvalue weighted by molar-refractivity contribution is 6.32. The Bertz CT molecular complexity index is 1520. The zero-order valence-electron chi connectivity index (χ0n) is 22.7. The summed E-state index contributed by atoms with van der Waals surface area (Å²) < 4.78 is 49.2. The molecule has 1 saturated heterocycles. The smallest absolute Gasteiger partial charge is 0.422 e. The SMILES string of the molecule is CCOCCN1OCC(NC(=O)c2cc(Cl)cc(C)c2NC(=O)c2cc(OCC(F)(F)F)nn2-c2ncccc2Cl)C1=O. The summed E-state index contributed by atoms with van der Waals surface area (Å²) in [4.78, 5) is 49.0. The van der Waals surface area contributed by atoms with Crippen molar-refractivity contribution >= 4 is 46.6 Å². The molecule has 0 spiro atoms. The normalized spacial score (nSPS) is 15.1. The van der Waals surface area contributed by atoms with Crippen molar-refractivity contribution in [2.75, 3.05) is 38.3 Å². The number of hydroxylamine groups is 2. The number of nitrogens with zero attached hydrogens (tertiary/aromatic N) is 4. The molecule has 1 aliphatic heterocycles. The van der Waals surface area contributed by atoms with Crippen molar-refractivity contribution in [3.05, 3.63) is 63.4 Å². The van der Waals surface area contributed by atoms with Crippen molar-refractivity contribution in [1.29, 1.82) is 0 Å². The molecule has 17 heteroatoms. The molecule has 1 fully saturated rings. The quantitative estimate of drug-likeness (QED) is 0.299. The first-order chi connectivity index (χ1) is 20.4. The van der Waals surface area contributed by atoms with Crippen molar-refractivity contribution in [2.24, 2.45) is 0 Å². The number of aromatic nitrogens is 3. The Labute approximate surface area is 252 Å². The maximum absolute atomic E-state index is 13.5. The van der Waals surface area contributed by atoms with Crippen LogP contribution in [-0.4, -0.2) is 82.7 Å². The van der Waals surface area contributed by atoms with Crippen molar-refractivity contribution in [2.45, 2.75) is 26.1 Å². The summed E-state index contributed by atoms with van der Waals surface area (Å²) >= 11 is 12.4. The van der Waals surface area contributed by atoms with Gasteiger partial charge in [-0.25, -0.2) is 14.7 Å². The van der Waals surface area contributed by atoms with Crippen molar-refractivity contribution < 1.29 is 41.9 Å². The molecule has 43 heavy (non-hydrogen) atoms. The van der Waals surface area contributed by atoms with Crippen LogP contribution < -0.4 is 15.4 Å². The van der Waals surface area contributed by atoms with E-state index >= 15 is 0 Å². The van der Waals surface area contributed by atoms with Gasteiger partial charge >= 0.3 is 6.18 Å². The fraction of sp³-hybridized carbons (Fsp3) is 0.346. The molecule has 2 N–H and O–H groups in total. The van der Waals surface area contributed by atoms with Gasteiger partial charge in [0.2, 0.25) is 5.88 Å². The van der Waals surface area contributed by atoms with Crippen LogP contribution in [0.2, 0.25) is 10.0 Å². The van der Waals surface area contributed by atoms with Gasteiger partial charge in [-0.1, -0.05) is 23.2 Å². The highest BCUT2D eigenvalue weighted by atomic mass is 35.5. The maximum Gasteiger partial charge on any atom is 0.422 e. The van der Waals surface area contributed by atoms with Crippen LogP contribution in [0.5, 0.6) is 5.88 Å². The number of amides is 3. The number of nitrogens with one attached hydrogen (secondary N) is 2. The van der Waals surface area contributed by atoms with E-state index in [-0.39, 0.29) is 52.6 Å². The summed E-state index contributed by atoms with van der Waals surface area (Å²) in [6.45, 7) is 2.47. The Kier molecular flexibility index (Phi) is 10.1. The fourth-order valence-corrected chi connectivity index (χ4v) is 4.46. The van der Waals surface area contributed by atoms with Crippen molar-refractivity contribution in [3.8, 4) is 11.7 Å². The number of carbonyl (C=O) groups excluding carboxylic acids is 3. The number of halogens is 5. The zero-order chi connectivity index (χ0) is 31.3. The number of aryl methyl sites for hydroxylation is 1. The third-order valence-electron chi connectivity index (χ3n) is 5.92. The number of rotatable bonds is 11. The third kappa shape index (κ3) is 7.93. The Balaban J connectivity index is 1.61. The van der Waals surface area contributed by atoms with E-state index in [0.29, 0.717) is 12.2 Å². The molecule has 3 heterocycles. The number of hydrogen-bond donors (Lipinski definition) is 2.